The van der Waals surface area contributed by atoms with Gasteiger partial charge in [-0.3, -0.25) is 14.4 Å². The number of nitrogens with zero attached hydrogens (tertiary/aromatic N) is 3. The summed E-state index contributed by atoms with van der Waals surface area (Å²) in [7, 11) is 1.92. The largest absolute Gasteiger partial charge is 0.388 e. The van der Waals surface area contributed by atoms with Crippen molar-refractivity contribution in [3.05, 3.63) is 40.3 Å². The third kappa shape index (κ3) is 4.02. The fourth-order valence-electron chi connectivity index (χ4n) is 4.68. The van der Waals surface area contributed by atoms with Gasteiger partial charge in [-0.25, -0.2) is 0 Å². The van der Waals surface area contributed by atoms with Crippen LogP contribution in [-0.2, 0) is 18.4 Å². The molecule has 1 aliphatic carbocycles. The first-order valence-corrected chi connectivity index (χ1v) is 11.1. The molecular formula is C21H30N4O2S. The van der Waals surface area contributed by atoms with Crippen LogP contribution in [0.2, 0.25) is 0 Å². The van der Waals surface area contributed by atoms with Crippen molar-refractivity contribution in [1.82, 2.24) is 20.0 Å². The predicted octanol–water partition coefficient (Wildman–Crippen LogP) is 2.85. The van der Waals surface area contributed by atoms with Gasteiger partial charge in [-0.05, 0) is 37.6 Å². The Kier molecular flexibility index (Phi) is 5.58. The normalized spacial score (nSPS) is 29.2. The van der Waals surface area contributed by atoms with Crippen molar-refractivity contribution < 1.29 is 9.90 Å². The lowest BCUT2D eigenvalue weighted by atomic mass is 9.81. The molecule has 2 aromatic rings. The Labute approximate surface area is 170 Å². The molecule has 0 radical (unpaired) electrons. The predicted molar refractivity (Wildman–Crippen MR) is 110 cm³/mol. The van der Waals surface area contributed by atoms with Crippen LogP contribution in [0, 0.1) is 5.92 Å². The Bertz CT molecular complexity index is 795. The van der Waals surface area contributed by atoms with Crippen LogP contribution in [0.15, 0.2) is 29.9 Å². The standard InChI is InChI=1S/C21H30N4O2S/c1-21(27)9-10-25(14-15-12-22-24(2)13-15)18(17-8-5-11-28-17)19(21)23-20(26)16-6-3-4-7-16/h5,8,11-13,16,18-19,27H,3-4,6-7,9-10,14H2,1-2H3,(H,23,26). The van der Waals surface area contributed by atoms with Gasteiger partial charge in [0.05, 0.1) is 23.9 Å². The van der Waals surface area contributed by atoms with Crippen molar-refractivity contribution in [3.8, 4) is 0 Å². The van der Waals surface area contributed by atoms with E-state index in [1.165, 1.54) is 4.88 Å². The molecule has 28 heavy (non-hydrogen) atoms. The third-order valence-corrected chi connectivity index (χ3v) is 7.23. The maximum Gasteiger partial charge on any atom is 0.223 e. The molecule has 3 atom stereocenters. The molecule has 1 amide bonds. The average molecular weight is 403 g/mol. The summed E-state index contributed by atoms with van der Waals surface area (Å²) >= 11 is 1.69. The van der Waals surface area contributed by atoms with Crippen molar-refractivity contribution in [2.24, 2.45) is 13.0 Å². The maximum atomic E-state index is 12.9. The molecule has 6 nitrogen and oxygen atoms in total. The fraction of sp³-hybridized carbons (Fsp3) is 0.619. The van der Waals surface area contributed by atoms with E-state index in [1.54, 1.807) is 11.3 Å². The number of hydrogen-bond acceptors (Lipinski definition) is 5. The molecule has 1 saturated carbocycles. The van der Waals surface area contributed by atoms with Gasteiger partial charge >= 0.3 is 0 Å². The molecule has 3 heterocycles. The van der Waals surface area contributed by atoms with Crippen LogP contribution in [0.1, 0.15) is 55.5 Å². The van der Waals surface area contributed by atoms with E-state index in [9.17, 15) is 9.90 Å². The first-order chi connectivity index (χ1) is 13.4. The summed E-state index contributed by atoms with van der Waals surface area (Å²) in [4.78, 5) is 16.5. The van der Waals surface area contributed by atoms with E-state index in [1.807, 2.05) is 37.1 Å². The number of nitrogens with one attached hydrogen (secondary N) is 1. The molecule has 0 spiro atoms. The topological polar surface area (TPSA) is 70.4 Å². The van der Waals surface area contributed by atoms with Crippen LogP contribution in [0.3, 0.4) is 0 Å². The zero-order chi connectivity index (χ0) is 19.7. The summed E-state index contributed by atoms with van der Waals surface area (Å²) in [6.07, 6.45) is 8.73. The summed E-state index contributed by atoms with van der Waals surface area (Å²) in [5.41, 5.74) is 0.209. The molecule has 152 valence electrons. The van der Waals surface area contributed by atoms with Gasteiger partial charge in [0.25, 0.3) is 0 Å². The lowest BCUT2D eigenvalue weighted by Crippen LogP contribution is -2.62. The van der Waals surface area contributed by atoms with Crippen molar-refractivity contribution in [2.75, 3.05) is 6.54 Å². The smallest absolute Gasteiger partial charge is 0.223 e. The molecule has 7 heteroatoms. The number of rotatable bonds is 5. The number of aryl methyl sites for hydroxylation is 1. The summed E-state index contributed by atoms with van der Waals surface area (Å²) < 4.78 is 1.81. The Morgan fingerprint density at radius 3 is 2.86 bits per heavy atom. The van der Waals surface area contributed by atoms with Gasteiger partial charge in [0.2, 0.25) is 5.91 Å². The first kappa shape index (κ1) is 19.6. The van der Waals surface area contributed by atoms with E-state index >= 15 is 0 Å². The Morgan fingerprint density at radius 1 is 1.43 bits per heavy atom. The molecule has 0 aromatic carbocycles. The highest BCUT2D eigenvalue weighted by atomic mass is 32.1. The lowest BCUT2D eigenvalue weighted by Gasteiger charge is -2.49. The van der Waals surface area contributed by atoms with Gasteiger partial charge in [-0.15, -0.1) is 11.3 Å². The minimum Gasteiger partial charge on any atom is -0.388 e. The second-order valence-electron chi connectivity index (χ2n) is 8.53. The number of aliphatic hydroxyl groups is 1. The van der Waals surface area contributed by atoms with Crippen LogP contribution in [-0.4, -0.2) is 43.9 Å². The number of carbonyl (C=O) groups excluding carboxylic acids is 1. The van der Waals surface area contributed by atoms with E-state index in [0.717, 1.165) is 44.3 Å². The first-order valence-electron chi connectivity index (χ1n) is 10.2. The van der Waals surface area contributed by atoms with Gasteiger partial charge < -0.3 is 10.4 Å². The minimum absolute atomic E-state index is 0.0469. The number of thiophene rings is 1. The number of hydrogen-bond donors (Lipinski definition) is 2. The summed E-state index contributed by atoms with van der Waals surface area (Å²) in [6, 6.07) is 3.78. The number of aromatic nitrogens is 2. The Morgan fingerprint density at radius 2 is 2.21 bits per heavy atom. The van der Waals surface area contributed by atoms with E-state index in [-0.39, 0.29) is 23.9 Å². The SMILES string of the molecule is Cn1cc(CN2CCC(C)(O)C(NC(=O)C3CCCC3)C2c2cccs2)cn1. The van der Waals surface area contributed by atoms with Gasteiger partial charge in [-0.2, -0.15) is 5.10 Å². The fourth-order valence-corrected chi connectivity index (χ4v) is 5.57. The van der Waals surface area contributed by atoms with Gasteiger partial charge in [0.15, 0.2) is 0 Å². The number of piperidine rings is 1. The van der Waals surface area contributed by atoms with Crippen molar-refractivity contribution in [3.63, 3.8) is 0 Å². The molecule has 1 aliphatic heterocycles. The monoisotopic (exact) mass is 402 g/mol. The lowest BCUT2D eigenvalue weighted by molar-refractivity contribution is -0.132. The molecule has 3 unspecified atom stereocenters. The Balaban J connectivity index is 1.61. The molecular weight excluding hydrogens is 372 g/mol. The highest BCUT2D eigenvalue weighted by Crippen LogP contribution is 2.40. The van der Waals surface area contributed by atoms with Gasteiger partial charge in [-0.1, -0.05) is 18.9 Å². The van der Waals surface area contributed by atoms with Crippen LogP contribution < -0.4 is 5.32 Å². The molecule has 4 rings (SSSR count). The number of carbonyl (C=O) groups is 1. The van der Waals surface area contributed by atoms with Crippen LogP contribution in [0.25, 0.3) is 0 Å². The quantitative estimate of drug-likeness (QED) is 0.807. The van der Waals surface area contributed by atoms with Gasteiger partial charge in [0.1, 0.15) is 0 Å². The highest BCUT2D eigenvalue weighted by molar-refractivity contribution is 7.10. The zero-order valence-corrected chi connectivity index (χ0v) is 17.5. The van der Waals surface area contributed by atoms with Crippen LogP contribution in [0.5, 0.6) is 0 Å². The molecule has 2 aromatic heterocycles. The summed E-state index contributed by atoms with van der Waals surface area (Å²) in [6.45, 7) is 3.40. The second kappa shape index (κ2) is 7.97. The zero-order valence-electron chi connectivity index (χ0n) is 16.7. The van der Waals surface area contributed by atoms with E-state index < -0.39 is 5.60 Å². The molecule has 1 saturated heterocycles. The molecule has 0 bridgehead atoms. The Hall–Kier alpha value is -1.70. The van der Waals surface area contributed by atoms with Crippen molar-refractivity contribution >= 4 is 17.2 Å². The average Bonchev–Trinajstić information content (AvgIpc) is 3.41. The van der Waals surface area contributed by atoms with E-state index in [0.29, 0.717) is 6.42 Å². The van der Waals surface area contributed by atoms with Crippen LogP contribution in [0.4, 0.5) is 0 Å². The van der Waals surface area contributed by atoms with E-state index in [2.05, 4.69) is 26.8 Å². The van der Waals surface area contributed by atoms with E-state index in [4.69, 9.17) is 0 Å². The summed E-state index contributed by atoms with van der Waals surface area (Å²) in [5.74, 6) is 0.195. The summed E-state index contributed by atoms with van der Waals surface area (Å²) in [5, 5.41) is 20.9. The molecule has 2 aliphatic rings. The minimum atomic E-state index is -0.936. The van der Waals surface area contributed by atoms with Gasteiger partial charge in [0, 0.05) is 42.7 Å². The highest BCUT2D eigenvalue weighted by Gasteiger charge is 2.47. The third-order valence-electron chi connectivity index (χ3n) is 6.29. The van der Waals surface area contributed by atoms with Crippen molar-refractivity contribution in [2.45, 2.75) is 63.3 Å². The van der Waals surface area contributed by atoms with Crippen molar-refractivity contribution in [1.29, 1.82) is 0 Å². The van der Waals surface area contributed by atoms with Crippen LogP contribution >= 0.6 is 11.3 Å². The second-order valence-corrected chi connectivity index (χ2v) is 9.51. The maximum absolute atomic E-state index is 12.9. The molecule has 2 N–H and O–H groups in total. The number of amides is 1. The molecule has 2 fully saturated rings. The number of likely N-dealkylation sites (tertiary alicyclic amines) is 1.